The van der Waals surface area contributed by atoms with Crippen LogP contribution in [0.15, 0.2) is 58.3 Å². The second-order valence-corrected chi connectivity index (χ2v) is 8.92. The SMILES string of the molecule is COc1ccc(S(=O)(=O)N(C)CC(=O)N[C@H](C)c2ccc(SC)cc2)cc1. The van der Waals surface area contributed by atoms with Crippen molar-refractivity contribution >= 4 is 27.7 Å². The third-order valence-corrected chi connectivity index (χ3v) is 6.69. The first-order valence-corrected chi connectivity index (χ1v) is 11.0. The van der Waals surface area contributed by atoms with Crippen LogP contribution in [0.2, 0.25) is 0 Å². The first-order chi connectivity index (χ1) is 12.8. The van der Waals surface area contributed by atoms with Crippen molar-refractivity contribution in [3.8, 4) is 5.75 Å². The van der Waals surface area contributed by atoms with Crippen molar-refractivity contribution < 1.29 is 17.9 Å². The summed E-state index contributed by atoms with van der Waals surface area (Å²) in [6.07, 6.45) is 2.00. The number of hydrogen-bond donors (Lipinski definition) is 1. The molecule has 0 bridgehead atoms. The van der Waals surface area contributed by atoms with Gasteiger partial charge in [-0.05, 0) is 55.1 Å². The maximum Gasteiger partial charge on any atom is 0.243 e. The van der Waals surface area contributed by atoms with Gasteiger partial charge in [-0.2, -0.15) is 4.31 Å². The molecule has 27 heavy (non-hydrogen) atoms. The molecule has 1 amide bonds. The molecule has 1 N–H and O–H groups in total. The van der Waals surface area contributed by atoms with E-state index in [-0.39, 0.29) is 23.4 Å². The molecule has 0 aromatic heterocycles. The number of benzene rings is 2. The molecule has 2 aromatic rings. The van der Waals surface area contributed by atoms with Crippen LogP contribution in [0.1, 0.15) is 18.5 Å². The van der Waals surface area contributed by atoms with Gasteiger partial charge in [-0.1, -0.05) is 12.1 Å². The van der Waals surface area contributed by atoms with Gasteiger partial charge in [0, 0.05) is 11.9 Å². The van der Waals surface area contributed by atoms with Crippen molar-refractivity contribution in [2.45, 2.75) is 22.8 Å². The Bertz CT molecular complexity index is 866. The van der Waals surface area contributed by atoms with E-state index in [1.807, 2.05) is 37.4 Å². The summed E-state index contributed by atoms with van der Waals surface area (Å²) >= 11 is 1.65. The van der Waals surface area contributed by atoms with Crippen molar-refractivity contribution in [2.24, 2.45) is 0 Å². The lowest BCUT2D eigenvalue weighted by atomic mass is 10.1. The van der Waals surface area contributed by atoms with Crippen LogP contribution in [0, 0.1) is 0 Å². The van der Waals surface area contributed by atoms with Gasteiger partial charge in [0.1, 0.15) is 5.75 Å². The summed E-state index contributed by atoms with van der Waals surface area (Å²) in [5, 5.41) is 2.83. The smallest absolute Gasteiger partial charge is 0.243 e. The summed E-state index contributed by atoms with van der Waals surface area (Å²) in [4.78, 5) is 13.5. The lowest BCUT2D eigenvalue weighted by molar-refractivity contribution is -0.121. The lowest BCUT2D eigenvalue weighted by Crippen LogP contribution is -2.39. The second kappa shape index (κ2) is 9.25. The number of likely N-dealkylation sites (N-methyl/N-ethyl adjacent to an activating group) is 1. The van der Waals surface area contributed by atoms with Crippen molar-refractivity contribution in [3.63, 3.8) is 0 Å². The van der Waals surface area contributed by atoms with Gasteiger partial charge in [0.15, 0.2) is 0 Å². The van der Waals surface area contributed by atoms with Crippen molar-refractivity contribution in [1.29, 1.82) is 0 Å². The summed E-state index contributed by atoms with van der Waals surface area (Å²) in [5.41, 5.74) is 0.960. The molecular weight excluding hydrogens is 384 g/mol. The van der Waals surface area contributed by atoms with Gasteiger partial charge in [-0.15, -0.1) is 11.8 Å². The number of amides is 1. The molecule has 6 nitrogen and oxygen atoms in total. The van der Waals surface area contributed by atoms with Crippen molar-refractivity contribution in [1.82, 2.24) is 9.62 Å². The van der Waals surface area contributed by atoms with Crippen molar-refractivity contribution in [2.75, 3.05) is 27.0 Å². The third kappa shape index (κ3) is 5.47. The number of methoxy groups -OCH3 is 1. The summed E-state index contributed by atoms with van der Waals surface area (Å²) in [5.74, 6) is 0.201. The Morgan fingerprint density at radius 1 is 1.15 bits per heavy atom. The van der Waals surface area contributed by atoms with Gasteiger partial charge in [-0.3, -0.25) is 4.79 Å². The number of nitrogens with one attached hydrogen (secondary N) is 1. The Morgan fingerprint density at radius 3 is 2.26 bits per heavy atom. The van der Waals surface area contributed by atoms with E-state index in [1.165, 1.54) is 26.3 Å². The Hall–Kier alpha value is -2.03. The molecular formula is C19H24N2O4S2. The summed E-state index contributed by atoms with van der Waals surface area (Å²) in [7, 11) is -0.859. The lowest BCUT2D eigenvalue weighted by Gasteiger charge is -2.19. The maximum absolute atomic E-state index is 12.6. The van der Waals surface area contributed by atoms with Gasteiger partial charge >= 0.3 is 0 Å². The van der Waals surface area contributed by atoms with Crippen LogP contribution in [-0.4, -0.2) is 45.6 Å². The minimum Gasteiger partial charge on any atom is -0.497 e. The Morgan fingerprint density at radius 2 is 1.74 bits per heavy atom. The number of carbonyl (C=O) groups excluding carboxylic acids is 1. The predicted octanol–water partition coefficient (Wildman–Crippen LogP) is 2.92. The van der Waals surface area contributed by atoms with Crippen LogP contribution in [0.4, 0.5) is 0 Å². The maximum atomic E-state index is 12.6. The highest BCUT2D eigenvalue weighted by Crippen LogP contribution is 2.20. The zero-order chi connectivity index (χ0) is 20.0. The highest BCUT2D eigenvalue weighted by Gasteiger charge is 2.23. The first-order valence-electron chi connectivity index (χ1n) is 8.31. The summed E-state index contributed by atoms with van der Waals surface area (Å²) < 4.78 is 31.3. The van der Waals surface area contributed by atoms with E-state index in [4.69, 9.17) is 4.74 Å². The molecule has 0 fully saturated rings. The molecule has 0 aliphatic rings. The fourth-order valence-electron chi connectivity index (χ4n) is 2.48. The Labute approximate surface area is 165 Å². The molecule has 2 rings (SSSR count). The molecule has 2 aromatic carbocycles. The second-order valence-electron chi connectivity index (χ2n) is 6.00. The van der Waals surface area contributed by atoms with Gasteiger partial charge < -0.3 is 10.1 Å². The summed E-state index contributed by atoms with van der Waals surface area (Å²) in [6, 6.07) is 13.7. The Balaban J connectivity index is 2.00. The standard InChI is InChI=1S/C19H24N2O4S2/c1-14(15-5-9-17(26-4)10-6-15)20-19(22)13-21(2)27(23,24)18-11-7-16(25-3)8-12-18/h5-12,14H,13H2,1-4H3,(H,20,22)/t14-/m1/s1. The molecule has 146 valence electrons. The van der Waals surface area contributed by atoms with Crippen LogP contribution >= 0.6 is 11.8 Å². The zero-order valence-electron chi connectivity index (χ0n) is 15.8. The van der Waals surface area contributed by atoms with Crippen LogP contribution in [0.25, 0.3) is 0 Å². The van der Waals surface area contributed by atoms with E-state index in [0.717, 1.165) is 14.8 Å². The van der Waals surface area contributed by atoms with Crippen LogP contribution < -0.4 is 10.1 Å². The molecule has 0 saturated heterocycles. The number of ether oxygens (including phenoxy) is 1. The highest BCUT2D eigenvalue weighted by atomic mass is 32.2. The highest BCUT2D eigenvalue weighted by molar-refractivity contribution is 7.98. The first kappa shape index (κ1) is 21.3. The normalized spacial score (nSPS) is 12.6. The number of rotatable bonds is 8. The average Bonchev–Trinajstić information content (AvgIpc) is 2.67. The van der Waals surface area contributed by atoms with Gasteiger partial charge in [-0.25, -0.2) is 8.42 Å². The fraction of sp³-hybridized carbons (Fsp3) is 0.316. The van der Waals surface area contributed by atoms with Crippen LogP contribution in [0.5, 0.6) is 5.75 Å². The van der Waals surface area contributed by atoms with E-state index in [9.17, 15) is 13.2 Å². The van der Waals surface area contributed by atoms with Gasteiger partial charge in [0.05, 0.1) is 24.6 Å². The van der Waals surface area contributed by atoms with E-state index in [2.05, 4.69) is 5.32 Å². The topological polar surface area (TPSA) is 75.7 Å². The zero-order valence-corrected chi connectivity index (χ0v) is 17.4. The van der Waals surface area contributed by atoms with E-state index in [1.54, 1.807) is 23.9 Å². The Kier molecular flexibility index (Phi) is 7.29. The van der Waals surface area contributed by atoms with E-state index < -0.39 is 10.0 Å². The minimum atomic E-state index is -3.75. The molecule has 0 heterocycles. The van der Waals surface area contributed by atoms with E-state index in [0.29, 0.717) is 5.75 Å². The van der Waals surface area contributed by atoms with Crippen LogP contribution in [0.3, 0.4) is 0 Å². The van der Waals surface area contributed by atoms with Gasteiger partial charge in [0.25, 0.3) is 0 Å². The number of nitrogens with zero attached hydrogens (tertiary/aromatic N) is 1. The number of sulfonamides is 1. The molecule has 8 heteroatoms. The average molecular weight is 409 g/mol. The molecule has 0 spiro atoms. The third-order valence-electron chi connectivity index (χ3n) is 4.13. The number of thioether (sulfide) groups is 1. The van der Waals surface area contributed by atoms with Crippen molar-refractivity contribution in [3.05, 3.63) is 54.1 Å². The number of hydrogen-bond acceptors (Lipinski definition) is 5. The predicted molar refractivity (Wildman–Crippen MR) is 108 cm³/mol. The monoisotopic (exact) mass is 408 g/mol. The quantitative estimate of drug-likeness (QED) is 0.680. The van der Waals surface area contributed by atoms with Crippen LogP contribution in [-0.2, 0) is 14.8 Å². The molecule has 0 radical (unpaired) electrons. The number of carbonyl (C=O) groups is 1. The molecule has 1 atom stereocenters. The van der Waals surface area contributed by atoms with Gasteiger partial charge in [0.2, 0.25) is 15.9 Å². The molecule has 0 aliphatic carbocycles. The molecule has 0 saturated carbocycles. The fourth-order valence-corrected chi connectivity index (χ4v) is 4.01. The van der Waals surface area contributed by atoms with E-state index >= 15 is 0 Å². The molecule has 0 aliphatic heterocycles. The minimum absolute atomic E-state index is 0.110. The molecule has 0 unspecified atom stereocenters. The summed E-state index contributed by atoms with van der Waals surface area (Å²) in [6.45, 7) is 1.60. The largest absolute Gasteiger partial charge is 0.497 e.